The van der Waals surface area contributed by atoms with Crippen molar-refractivity contribution in [3.8, 4) is 5.75 Å². The number of nitrogens with one attached hydrogen (secondary N) is 1. The van der Waals surface area contributed by atoms with E-state index >= 15 is 0 Å². The molecule has 1 amide bonds. The van der Waals surface area contributed by atoms with Crippen LogP contribution in [0.15, 0.2) is 12.1 Å². The Bertz CT molecular complexity index is 457. The highest BCUT2D eigenvalue weighted by Crippen LogP contribution is 2.35. The summed E-state index contributed by atoms with van der Waals surface area (Å²) in [6.45, 7) is -0.876. The maximum Gasteiger partial charge on any atom is 0.322 e. The van der Waals surface area contributed by atoms with Gasteiger partial charge < -0.3 is 20.6 Å². The number of halogens is 3. The van der Waals surface area contributed by atoms with E-state index in [1.807, 2.05) is 0 Å². The van der Waals surface area contributed by atoms with Crippen LogP contribution in [0.5, 0.6) is 5.75 Å². The quantitative estimate of drug-likeness (QED) is 0.850. The van der Waals surface area contributed by atoms with Gasteiger partial charge in [-0.15, -0.1) is 0 Å². The summed E-state index contributed by atoms with van der Waals surface area (Å²) in [5.74, 6) is -1.63. The second kappa shape index (κ2) is 8.06. The molecule has 1 rings (SSSR count). The first kappa shape index (κ1) is 17.8. The van der Waals surface area contributed by atoms with Crippen LogP contribution in [0.2, 0.25) is 15.1 Å². The number of hydrogen-bond acceptors (Lipinski definition) is 3. The van der Waals surface area contributed by atoms with Crippen LogP contribution in [-0.2, 0) is 9.59 Å². The number of benzene rings is 1. The summed E-state index contributed by atoms with van der Waals surface area (Å²) in [6, 6.07) is 2.83. The van der Waals surface area contributed by atoms with Gasteiger partial charge in [-0.2, -0.15) is 0 Å². The molecule has 0 fully saturated rings. The molecule has 0 aromatic heterocycles. The van der Waals surface area contributed by atoms with Gasteiger partial charge in [-0.3, -0.25) is 9.59 Å². The van der Waals surface area contributed by atoms with Crippen molar-refractivity contribution in [3.05, 3.63) is 27.2 Å². The lowest BCUT2D eigenvalue weighted by molar-refractivity contribution is -0.138. The molecule has 0 aliphatic carbocycles. The van der Waals surface area contributed by atoms with Gasteiger partial charge in [-0.25, -0.2) is 0 Å². The molecule has 0 radical (unpaired) electrons. The van der Waals surface area contributed by atoms with E-state index in [1.165, 1.54) is 12.1 Å². The zero-order valence-electron chi connectivity index (χ0n) is 9.37. The van der Waals surface area contributed by atoms with Gasteiger partial charge in [0.1, 0.15) is 6.54 Å². The lowest BCUT2D eigenvalue weighted by atomic mass is 10.3. The third-order valence-corrected chi connectivity index (χ3v) is 2.53. The molecule has 0 atom stereocenters. The van der Waals surface area contributed by atoms with E-state index in [-0.39, 0.29) is 21.3 Å². The van der Waals surface area contributed by atoms with E-state index in [9.17, 15) is 9.59 Å². The molecule has 106 valence electrons. The molecule has 0 saturated heterocycles. The van der Waals surface area contributed by atoms with E-state index in [0.29, 0.717) is 5.02 Å². The molecule has 9 heteroatoms. The van der Waals surface area contributed by atoms with Crippen LogP contribution in [-0.4, -0.2) is 35.6 Å². The molecule has 6 nitrogen and oxygen atoms in total. The zero-order chi connectivity index (χ0) is 13.7. The van der Waals surface area contributed by atoms with E-state index in [4.69, 9.17) is 44.6 Å². The molecule has 0 saturated carbocycles. The normalized spacial score (nSPS) is 9.42. The Labute approximate surface area is 123 Å². The maximum absolute atomic E-state index is 11.2. The number of aliphatic carboxylic acids is 1. The summed E-state index contributed by atoms with van der Waals surface area (Å²) in [5.41, 5.74) is 0. The summed E-state index contributed by atoms with van der Waals surface area (Å²) in [5, 5.41) is 11.2. The van der Waals surface area contributed by atoms with Crippen LogP contribution in [0.3, 0.4) is 0 Å². The Morgan fingerprint density at radius 2 is 1.74 bits per heavy atom. The Morgan fingerprint density at radius 3 is 2.21 bits per heavy atom. The highest BCUT2D eigenvalue weighted by atomic mass is 35.5. The Morgan fingerprint density at radius 1 is 1.21 bits per heavy atom. The lowest BCUT2D eigenvalue weighted by Gasteiger charge is -2.09. The smallest absolute Gasteiger partial charge is 0.322 e. The number of carboxylic acid groups (broad SMARTS) is 1. The van der Waals surface area contributed by atoms with Crippen LogP contribution in [0.1, 0.15) is 0 Å². The van der Waals surface area contributed by atoms with Crippen LogP contribution >= 0.6 is 34.8 Å². The van der Waals surface area contributed by atoms with Gasteiger partial charge in [0, 0.05) is 5.02 Å². The largest absolute Gasteiger partial charge is 0.481 e. The van der Waals surface area contributed by atoms with Crippen LogP contribution in [0, 0.1) is 0 Å². The molecular weight excluding hydrogens is 320 g/mol. The summed E-state index contributed by atoms with van der Waals surface area (Å²) in [7, 11) is 0. The van der Waals surface area contributed by atoms with Gasteiger partial charge in [0.15, 0.2) is 12.4 Å². The molecule has 4 N–H and O–H groups in total. The van der Waals surface area contributed by atoms with Gasteiger partial charge >= 0.3 is 5.97 Å². The van der Waals surface area contributed by atoms with E-state index in [1.54, 1.807) is 0 Å². The third-order valence-electron chi connectivity index (χ3n) is 1.75. The average Bonchev–Trinajstić information content (AvgIpc) is 2.24. The van der Waals surface area contributed by atoms with Crippen molar-refractivity contribution in [2.75, 3.05) is 13.2 Å². The van der Waals surface area contributed by atoms with Crippen LogP contribution < -0.4 is 10.1 Å². The second-order valence-corrected chi connectivity index (χ2v) is 4.41. The summed E-state index contributed by atoms with van der Waals surface area (Å²) < 4.78 is 5.09. The van der Waals surface area contributed by atoms with Crippen molar-refractivity contribution < 1.29 is 24.9 Å². The molecule has 1 aromatic carbocycles. The number of rotatable bonds is 5. The highest BCUT2D eigenvalue weighted by molar-refractivity contribution is 6.40. The van der Waals surface area contributed by atoms with Crippen molar-refractivity contribution >= 4 is 46.7 Å². The Balaban J connectivity index is 0.00000324. The zero-order valence-corrected chi connectivity index (χ0v) is 11.6. The first-order chi connectivity index (χ1) is 8.40. The maximum atomic E-state index is 11.2. The molecule has 0 spiro atoms. The fraction of sp³-hybridized carbons (Fsp3) is 0.200. The van der Waals surface area contributed by atoms with Crippen LogP contribution in [0.25, 0.3) is 0 Å². The van der Waals surface area contributed by atoms with E-state index < -0.39 is 25.0 Å². The predicted octanol–water partition coefficient (Wildman–Crippen LogP) is 1.40. The summed E-state index contributed by atoms with van der Waals surface area (Å²) in [4.78, 5) is 21.4. The molecule has 0 aliphatic heterocycles. The second-order valence-electron chi connectivity index (χ2n) is 3.16. The number of ether oxygens (including phenoxy) is 1. The summed E-state index contributed by atoms with van der Waals surface area (Å²) >= 11 is 17.4. The molecule has 1 aromatic rings. The molecular formula is C10H10Cl3NO5. The van der Waals surface area contributed by atoms with Gasteiger partial charge in [0.05, 0.1) is 10.0 Å². The van der Waals surface area contributed by atoms with Crippen molar-refractivity contribution in [1.29, 1.82) is 0 Å². The van der Waals surface area contributed by atoms with Gasteiger partial charge in [-0.1, -0.05) is 34.8 Å². The number of amides is 1. The van der Waals surface area contributed by atoms with Crippen molar-refractivity contribution in [1.82, 2.24) is 5.32 Å². The summed E-state index contributed by atoms with van der Waals surface area (Å²) in [6.07, 6.45) is 0. The molecule has 0 bridgehead atoms. The van der Waals surface area contributed by atoms with Gasteiger partial charge in [0.2, 0.25) is 0 Å². The third kappa shape index (κ3) is 5.98. The predicted molar refractivity (Wildman–Crippen MR) is 71.2 cm³/mol. The molecule has 0 aliphatic rings. The first-order valence-corrected chi connectivity index (χ1v) is 5.79. The number of carbonyl (C=O) groups excluding carboxylic acids is 1. The molecule has 0 unspecified atom stereocenters. The molecule has 19 heavy (non-hydrogen) atoms. The minimum atomic E-state index is -1.15. The van der Waals surface area contributed by atoms with Crippen LogP contribution in [0.4, 0.5) is 0 Å². The van der Waals surface area contributed by atoms with Crippen molar-refractivity contribution in [2.24, 2.45) is 0 Å². The van der Waals surface area contributed by atoms with E-state index in [0.717, 1.165) is 0 Å². The van der Waals surface area contributed by atoms with Crippen molar-refractivity contribution in [2.45, 2.75) is 0 Å². The molecule has 0 heterocycles. The lowest BCUT2D eigenvalue weighted by Crippen LogP contribution is -2.33. The average molecular weight is 331 g/mol. The topological polar surface area (TPSA) is 107 Å². The van der Waals surface area contributed by atoms with Gasteiger partial charge in [0.25, 0.3) is 5.91 Å². The number of carbonyl (C=O) groups is 2. The minimum Gasteiger partial charge on any atom is -0.481 e. The first-order valence-electron chi connectivity index (χ1n) is 4.66. The number of carboxylic acids is 1. The monoisotopic (exact) mass is 329 g/mol. The Kier molecular flexibility index (Phi) is 7.55. The van der Waals surface area contributed by atoms with E-state index in [2.05, 4.69) is 5.32 Å². The minimum absolute atomic E-state index is 0. The fourth-order valence-corrected chi connectivity index (χ4v) is 1.96. The SMILES string of the molecule is O.O=C(O)CNC(=O)COc1c(Cl)cc(Cl)cc1Cl. The number of hydrogen-bond donors (Lipinski definition) is 2. The van der Waals surface area contributed by atoms with Gasteiger partial charge in [-0.05, 0) is 12.1 Å². The Hall–Kier alpha value is -1.21. The standard InChI is InChI=1S/C10H8Cl3NO4.H2O/c11-5-1-6(12)10(7(13)2-5)18-4-8(15)14-3-9(16)17;/h1-2H,3-4H2,(H,14,15)(H,16,17);1H2. The van der Waals surface area contributed by atoms with Crippen molar-refractivity contribution in [3.63, 3.8) is 0 Å². The fourth-order valence-electron chi connectivity index (χ4n) is 1.03. The highest BCUT2D eigenvalue weighted by Gasteiger charge is 2.11.